The molecule has 0 amide bonds. The molecule has 1 aliphatic carbocycles. The minimum atomic E-state index is -1.18. The van der Waals surface area contributed by atoms with Gasteiger partial charge >= 0.3 is 5.97 Å². The molecule has 6 atom stereocenters. The second-order valence-electron chi connectivity index (χ2n) is 8.96. The summed E-state index contributed by atoms with van der Waals surface area (Å²) in [5, 5.41) is 11.4. The van der Waals surface area contributed by atoms with Gasteiger partial charge in [-0.15, -0.1) is 0 Å². The van der Waals surface area contributed by atoms with Gasteiger partial charge in [0.2, 0.25) is 0 Å². The topological polar surface area (TPSA) is 62.2 Å². The fourth-order valence-electron chi connectivity index (χ4n) is 7.83. The molecule has 6 heteroatoms. The normalized spacial score (nSPS) is 47.6. The predicted octanol–water partition coefficient (Wildman–Crippen LogP) is 1.63. The molecule has 0 aromatic heterocycles. The highest BCUT2D eigenvalue weighted by atomic mass is 16.6. The number of aliphatic hydroxyl groups is 1. The SMILES string of the molecule is CC=C1CO[C@@H](O)[C@@]23C(=O)O[C@@H](C[C@@H]12)[C@]12N(C)CC[C@]31c1ccccc1N2C. The van der Waals surface area contributed by atoms with Crippen LogP contribution in [0.4, 0.5) is 5.69 Å². The van der Waals surface area contributed by atoms with Crippen LogP contribution in [0.1, 0.15) is 25.3 Å². The zero-order chi connectivity index (χ0) is 19.5. The van der Waals surface area contributed by atoms with Crippen molar-refractivity contribution >= 4 is 11.7 Å². The van der Waals surface area contributed by atoms with E-state index < -0.39 is 22.8 Å². The summed E-state index contributed by atoms with van der Waals surface area (Å²) >= 11 is 0. The smallest absolute Gasteiger partial charge is 0.319 e. The van der Waals surface area contributed by atoms with Crippen LogP contribution in [-0.4, -0.2) is 61.3 Å². The average molecular weight is 382 g/mol. The Hall–Kier alpha value is -1.89. The molecule has 1 aromatic rings. The summed E-state index contributed by atoms with van der Waals surface area (Å²) in [4.78, 5) is 18.3. The third kappa shape index (κ3) is 1.34. The van der Waals surface area contributed by atoms with E-state index in [-0.39, 0.29) is 18.0 Å². The molecule has 28 heavy (non-hydrogen) atoms. The predicted molar refractivity (Wildman–Crippen MR) is 103 cm³/mol. The maximum Gasteiger partial charge on any atom is 0.319 e. The lowest BCUT2D eigenvalue weighted by Gasteiger charge is -2.69. The number of benzene rings is 1. The van der Waals surface area contributed by atoms with Crippen molar-refractivity contribution < 1.29 is 19.4 Å². The summed E-state index contributed by atoms with van der Waals surface area (Å²) in [6, 6.07) is 8.35. The van der Waals surface area contributed by atoms with Crippen molar-refractivity contribution in [3.05, 3.63) is 41.5 Å². The Labute approximate surface area is 164 Å². The van der Waals surface area contributed by atoms with Gasteiger partial charge in [-0.1, -0.05) is 24.3 Å². The van der Waals surface area contributed by atoms with E-state index >= 15 is 0 Å². The van der Waals surface area contributed by atoms with Crippen molar-refractivity contribution in [2.75, 3.05) is 32.1 Å². The third-order valence-corrected chi connectivity index (χ3v) is 8.63. The fourth-order valence-corrected chi connectivity index (χ4v) is 7.83. The Morgan fingerprint density at radius 2 is 2.07 bits per heavy atom. The van der Waals surface area contributed by atoms with Gasteiger partial charge in [0.05, 0.1) is 12.0 Å². The molecule has 0 radical (unpaired) electrons. The maximum absolute atomic E-state index is 13.7. The van der Waals surface area contributed by atoms with Gasteiger partial charge in [-0.2, -0.15) is 0 Å². The number of fused-ring (bicyclic) bond motifs is 2. The van der Waals surface area contributed by atoms with Gasteiger partial charge in [0.1, 0.15) is 17.2 Å². The first kappa shape index (κ1) is 17.0. The molecule has 6 aliphatic rings. The molecule has 1 saturated carbocycles. The Morgan fingerprint density at radius 1 is 1.29 bits per heavy atom. The largest absolute Gasteiger partial charge is 0.458 e. The standard InChI is InChI=1S/C22H26N2O4/c1-4-13-12-27-18(25)21-15(13)11-17(28-19(21)26)22-20(21,9-10-23(22)2)14-7-5-6-8-16(14)24(22)3/h4-8,15,17-18,25H,9-12H2,1-3H3/t15-,17-,18+,20-,21+,22+/m0/s1. The molecule has 1 spiro atoms. The van der Waals surface area contributed by atoms with Gasteiger partial charge in [-0.3, -0.25) is 9.69 Å². The first-order valence-corrected chi connectivity index (χ1v) is 10.2. The number of esters is 1. The highest BCUT2D eigenvalue weighted by Crippen LogP contribution is 2.76. The number of ether oxygens (including phenoxy) is 2. The van der Waals surface area contributed by atoms with Crippen LogP contribution in [-0.2, 0) is 19.7 Å². The highest BCUT2D eigenvalue weighted by molar-refractivity contribution is 5.89. The average Bonchev–Trinajstić information content (AvgIpc) is 3.16. The van der Waals surface area contributed by atoms with Crippen LogP contribution in [0.2, 0.25) is 0 Å². The lowest BCUT2D eigenvalue weighted by atomic mass is 9.42. The summed E-state index contributed by atoms with van der Waals surface area (Å²) < 4.78 is 12.0. The first-order chi connectivity index (χ1) is 13.5. The number of carbonyl (C=O) groups excluding carboxylic acids is 1. The number of allylic oxidation sites excluding steroid dienone is 1. The minimum absolute atomic E-state index is 0.0633. The molecule has 0 unspecified atom stereocenters. The van der Waals surface area contributed by atoms with Crippen molar-refractivity contribution in [3.8, 4) is 0 Å². The molecular formula is C22H26N2O4. The molecule has 2 bridgehead atoms. The summed E-state index contributed by atoms with van der Waals surface area (Å²) in [6.45, 7) is 3.22. The maximum atomic E-state index is 13.7. The molecule has 1 N–H and O–H groups in total. The van der Waals surface area contributed by atoms with E-state index in [1.807, 2.05) is 19.1 Å². The van der Waals surface area contributed by atoms with Crippen molar-refractivity contribution in [3.63, 3.8) is 0 Å². The Bertz CT molecular complexity index is 931. The molecule has 6 nitrogen and oxygen atoms in total. The molecule has 148 valence electrons. The van der Waals surface area contributed by atoms with Gasteiger partial charge in [0, 0.05) is 25.2 Å². The van der Waals surface area contributed by atoms with E-state index in [1.165, 1.54) is 0 Å². The highest BCUT2D eigenvalue weighted by Gasteiger charge is 2.88. The van der Waals surface area contributed by atoms with Crippen molar-refractivity contribution in [1.82, 2.24) is 4.90 Å². The quantitative estimate of drug-likeness (QED) is 0.544. The van der Waals surface area contributed by atoms with Crippen molar-refractivity contribution in [2.24, 2.45) is 11.3 Å². The van der Waals surface area contributed by atoms with Crippen LogP contribution in [0.15, 0.2) is 35.9 Å². The Kier molecular flexibility index (Phi) is 3.03. The van der Waals surface area contributed by atoms with Crippen molar-refractivity contribution in [2.45, 2.75) is 43.2 Å². The summed E-state index contributed by atoms with van der Waals surface area (Å²) in [7, 11) is 4.23. The molecule has 5 heterocycles. The molecule has 5 aliphatic heterocycles. The number of likely N-dealkylation sites (tertiary alicyclic amines) is 1. The van der Waals surface area contributed by atoms with Crippen LogP contribution in [0.25, 0.3) is 0 Å². The van der Waals surface area contributed by atoms with Crippen LogP contribution >= 0.6 is 0 Å². The van der Waals surface area contributed by atoms with E-state index in [2.05, 4.69) is 42.1 Å². The van der Waals surface area contributed by atoms with Gasteiger partial charge < -0.3 is 19.5 Å². The van der Waals surface area contributed by atoms with E-state index in [9.17, 15) is 9.90 Å². The molecule has 7 rings (SSSR count). The van der Waals surface area contributed by atoms with Crippen LogP contribution in [0.3, 0.4) is 0 Å². The number of hydrogen-bond acceptors (Lipinski definition) is 6. The van der Waals surface area contributed by atoms with E-state index in [1.54, 1.807) is 0 Å². The van der Waals surface area contributed by atoms with Crippen molar-refractivity contribution in [1.29, 1.82) is 0 Å². The van der Waals surface area contributed by atoms with E-state index in [0.717, 1.165) is 36.2 Å². The van der Waals surface area contributed by atoms with Crippen LogP contribution in [0.5, 0.6) is 0 Å². The van der Waals surface area contributed by atoms with Crippen LogP contribution < -0.4 is 4.90 Å². The first-order valence-electron chi connectivity index (χ1n) is 10.2. The monoisotopic (exact) mass is 382 g/mol. The summed E-state index contributed by atoms with van der Waals surface area (Å²) in [5.41, 5.74) is 1.17. The Balaban J connectivity index is 1.76. The molecule has 4 saturated heterocycles. The van der Waals surface area contributed by atoms with E-state index in [4.69, 9.17) is 9.47 Å². The van der Waals surface area contributed by atoms with E-state index in [0.29, 0.717) is 6.61 Å². The third-order valence-electron chi connectivity index (χ3n) is 8.63. The Morgan fingerprint density at radius 3 is 2.86 bits per heavy atom. The molecule has 1 aromatic carbocycles. The zero-order valence-electron chi connectivity index (χ0n) is 16.5. The fraction of sp³-hybridized carbons (Fsp3) is 0.591. The zero-order valence-corrected chi connectivity index (χ0v) is 16.5. The second-order valence-corrected chi connectivity index (χ2v) is 8.96. The van der Waals surface area contributed by atoms with Gasteiger partial charge in [0.25, 0.3) is 0 Å². The number of likely N-dealkylation sites (N-methyl/N-ethyl adjacent to an activating group) is 2. The lowest BCUT2D eigenvalue weighted by molar-refractivity contribution is -0.304. The second kappa shape index (κ2) is 4.99. The lowest BCUT2D eigenvalue weighted by Crippen LogP contribution is -2.85. The number of aliphatic hydroxyl groups excluding tert-OH is 1. The number of nitrogens with zero attached hydrogens (tertiary/aromatic N) is 2. The minimum Gasteiger partial charge on any atom is -0.458 e. The van der Waals surface area contributed by atoms with Gasteiger partial charge in [-0.25, -0.2) is 0 Å². The molecular weight excluding hydrogens is 356 g/mol. The van der Waals surface area contributed by atoms with Crippen LogP contribution in [0, 0.1) is 11.3 Å². The van der Waals surface area contributed by atoms with Gasteiger partial charge in [-0.05, 0) is 44.0 Å². The summed E-state index contributed by atoms with van der Waals surface area (Å²) in [6.07, 6.45) is 2.14. The number of carbonyl (C=O) groups is 1. The number of anilines is 1. The number of hydrogen-bond donors (Lipinski definition) is 1. The van der Waals surface area contributed by atoms with Gasteiger partial charge in [0.15, 0.2) is 6.29 Å². The summed E-state index contributed by atoms with van der Waals surface area (Å²) in [5.74, 6) is -0.358. The number of para-hydroxylation sites is 1. The number of rotatable bonds is 0. The molecule has 5 fully saturated rings.